The molecule has 29 heavy (non-hydrogen) atoms. The molecule has 1 saturated heterocycles. The van der Waals surface area contributed by atoms with Gasteiger partial charge in [-0.3, -0.25) is 0 Å². The monoisotopic (exact) mass is 392 g/mol. The smallest absolute Gasteiger partial charge is 0.322 e. The van der Waals surface area contributed by atoms with Gasteiger partial charge in [-0.05, 0) is 38.3 Å². The van der Waals surface area contributed by atoms with Crippen LogP contribution in [0.25, 0.3) is 11.4 Å². The van der Waals surface area contributed by atoms with Crippen LogP contribution in [-0.2, 0) is 0 Å². The lowest BCUT2D eigenvalue weighted by Gasteiger charge is -2.33. The molecule has 150 valence electrons. The minimum absolute atomic E-state index is 0.200. The molecule has 1 atom stereocenters. The first-order valence-electron chi connectivity index (χ1n) is 9.77. The largest absolute Gasteiger partial charge is 0.495 e. The third-order valence-corrected chi connectivity index (χ3v) is 5.15. The van der Waals surface area contributed by atoms with Crippen LogP contribution in [-0.4, -0.2) is 34.7 Å². The van der Waals surface area contributed by atoms with Crippen LogP contribution in [0.3, 0.4) is 0 Å². The zero-order valence-electron chi connectivity index (χ0n) is 16.6. The standard InChI is InChI=1S/C22H24N4O3/c1-15-10-12-16(13-11-15)20-24-21(29-25-20)18-8-5-6-14-26(18)22(27)23-17-7-3-4-9-19(17)28-2/h3-4,7,9-13,18H,5-6,8,14H2,1-2H3,(H,23,27)/t18-/m0/s1. The molecule has 1 N–H and O–H groups in total. The molecule has 4 rings (SSSR count). The molecular formula is C22H24N4O3. The fourth-order valence-electron chi connectivity index (χ4n) is 3.56. The zero-order valence-corrected chi connectivity index (χ0v) is 16.6. The number of nitrogens with zero attached hydrogens (tertiary/aromatic N) is 3. The molecule has 3 aromatic rings. The number of rotatable bonds is 4. The molecule has 1 fully saturated rings. The van der Waals surface area contributed by atoms with Crippen molar-refractivity contribution in [3.63, 3.8) is 0 Å². The van der Waals surface area contributed by atoms with E-state index >= 15 is 0 Å². The number of methoxy groups -OCH3 is 1. The maximum Gasteiger partial charge on any atom is 0.322 e. The number of para-hydroxylation sites is 2. The lowest BCUT2D eigenvalue weighted by molar-refractivity contribution is 0.142. The summed E-state index contributed by atoms with van der Waals surface area (Å²) in [6, 6.07) is 14.9. The number of carbonyl (C=O) groups excluding carboxylic acids is 1. The molecule has 2 heterocycles. The number of aryl methyl sites for hydroxylation is 1. The maximum absolute atomic E-state index is 13.0. The van der Waals surface area contributed by atoms with Gasteiger partial charge >= 0.3 is 6.03 Å². The number of nitrogens with one attached hydrogen (secondary N) is 1. The topological polar surface area (TPSA) is 80.5 Å². The Balaban J connectivity index is 1.54. The lowest BCUT2D eigenvalue weighted by Crippen LogP contribution is -2.41. The second kappa shape index (κ2) is 8.34. The fourth-order valence-corrected chi connectivity index (χ4v) is 3.56. The third kappa shape index (κ3) is 4.08. The van der Waals surface area contributed by atoms with E-state index in [1.165, 1.54) is 5.56 Å². The molecular weight excluding hydrogens is 368 g/mol. The predicted molar refractivity (Wildman–Crippen MR) is 110 cm³/mol. The second-order valence-corrected chi connectivity index (χ2v) is 7.16. The molecule has 7 heteroatoms. The van der Waals surface area contributed by atoms with Gasteiger partial charge in [0.25, 0.3) is 0 Å². The SMILES string of the molecule is COc1ccccc1NC(=O)N1CCCC[C@H]1c1nc(-c2ccc(C)cc2)no1. The van der Waals surface area contributed by atoms with Crippen molar-refractivity contribution < 1.29 is 14.1 Å². The highest BCUT2D eigenvalue weighted by molar-refractivity contribution is 5.91. The molecule has 1 aromatic heterocycles. The molecule has 2 amide bonds. The van der Waals surface area contributed by atoms with E-state index < -0.39 is 0 Å². The Bertz CT molecular complexity index is 984. The number of aromatic nitrogens is 2. The number of amides is 2. The third-order valence-electron chi connectivity index (χ3n) is 5.15. The van der Waals surface area contributed by atoms with E-state index in [-0.39, 0.29) is 12.1 Å². The minimum atomic E-state index is -0.245. The Labute approximate surface area is 169 Å². The lowest BCUT2D eigenvalue weighted by atomic mass is 10.0. The average Bonchev–Trinajstić information content (AvgIpc) is 3.25. The van der Waals surface area contributed by atoms with Crippen LogP contribution in [0.5, 0.6) is 5.75 Å². The Morgan fingerprint density at radius 2 is 1.97 bits per heavy atom. The summed E-state index contributed by atoms with van der Waals surface area (Å²) in [5, 5.41) is 7.08. The first-order chi connectivity index (χ1) is 14.2. The van der Waals surface area contributed by atoms with E-state index in [0.29, 0.717) is 29.7 Å². The zero-order chi connectivity index (χ0) is 20.2. The number of ether oxygens (including phenoxy) is 1. The van der Waals surface area contributed by atoms with Crippen molar-refractivity contribution in [2.24, 2.45) is 0 Å². The molecule has 2 aromatic carbocycles. The molecule has 7 nitrogen and oxygen atoms in total. The molecule has 1 aliphatic heterocycles. The van der Waals surface area contributed by atoms with Gasteiger partial charge in [0.2, 0.25) is 11.7 Å². The van der Waals surface area contributed by atoms with E-state index in [9.17, 15) is 4.79 Å². The number of piperidine rings is 1. The van der Waals surface area contributed by atoms with Crippen LogP contribution in [0.2, 0.25) is 0 Å². The van der Waals surface area contributed by atoms with Crippen LogP contribution >= 0.6 is 0 Å². The average molecular weight is 392 g/mol. The Morgan fingerprint density at radius 1 is 1.17 bits per heavy atom. The van der Waals surface area contributed by atoms with Gasteiger partial charge in [-0.25, -0.2) is 4.79 Å². The summed E-state index contributed by atoms with van der Waals surface area (Å²) < 4.78 is 10.9. The van der Waals surface area contributed by atoms with Crippen LogP contribution in [0, 0.1) is 6.92 Å². The Hall–Kier alpha value is -3.35. The highest BCUT2D eigenvalue weighted by Gasteiger charge is 2.32. The van der Waals surface area contributed by atoms with Crippen molar-refractivity contribution in [2.45, 2.75) is 32.2 Å². The van der Waals surface area contributed by atoms with Crippen molar-refractivity contribution in [3.05, 3.63) is 60.0 Å². The molecule has 0 radical (unpaired) electrons. The van der Waals surface area contributed by atoms with Gasteiger partial charge < -0.3 is 19.5 Å². The number of benzene rings is 2. The number of hydrogen-bond donors (Lipinski definition) is 1. The molecule has 0 aliphatic carbocycles. The highest BCUT2D eigenvalue weighted by atomic mass is 16.5. The summed E-state index contributed by atoms with van der Waals surface area (Å²) in [7, 11) is 1.58. The normalized spacial score (nSPS) is 16.5. The summed E-state index contributed by atoms with van der Waals surface area (Å²) in [5.74, 6) is 1.62. The van der Waals surface area contributed by atoms with Gasteiger partial charge in [0, 0.05) is 12.1 Å². The van der Waals surface area contributed by atoms with Gasteiger partial charge in [0.05, 0.1) is 12.8 Å². The number of likely N-dealkylation sites (tertiary alicyclic amines) is 1. The van der Waals surface area contributed by atoms with Crippen LogP contribution in [0.4, 0.5) is 10.5 Å². The second-order valence-electron chi connectivity index (χ2n) is 7.16. The van der Waals surface area contributed by atoms with Crippen LogP contribution < -0.4 is 10.1 Å². The Morgan fingerprint density at radius 3 is 2.76 bits per heavy atom. The number of hydrogen-bond acceptors (Lipinski definition) is 5. The van der Waals surface area contributed by atoms with E-state index in [2.05, 4.69) is 15.5 Å². The minimum Gasteiger partial charge on any atom is -0.495 e. The van der Waals surface area contributed by atoms with Gasteiger partial charge in [0.1, 0.15) is 11.8 Å². The van der Waals surface area contributed by atoms with E-state index in [1.807, 2.05) is 55.5 Å². The summed E-state index contributed by atoms with van der Waals surface area (Å²) >= 11 is 0. The molecule has 0 spiro atoms. The maximum atomic E-state index is 13.0. The summed E-state index contributed by atoms with van der Waals surface area (Å²) in [5.41, 5.74) is 2.70. The number of carbonyl (C=O) groups is 1. The van der Waals surface area contributed by atoms with Crippen molar-refractivity contribution in [1.29, 1.82) is 0 Å². The highest BCUT2D eigenvalue weighted by Crippen LogP contribution is 2.32. The van der Waals surface area contributed by atoms with Crippen LogP contribution in [0.15, 0.2) is 53.1 Å². The van der Waals surface area contributed by atoms with Crippen molar-refractivity contribution in [1.82, 2.24) is 15.0 Å². The molecule has 1 aliphatic rings. The molecule has 0 unspecified atom stereocenters. The predicted octanol–water partition coefficient (Wildman–Crippen LogP) is 4.81. The van der Waals surface area contributed by atoms with Crippen molar-refractivity contribution in [2.75, 3.05) is 19.0 Å². The van der Waals surface area contributed by atoms with E-state index in [0.717, 1.165) is 24.8 Å². The summed E-state index contributed by atoms with van der Waals surface area (Å²) in [6.07, 6.45) is 2.73. The Kier molecular flexibility index (Phi) is 5.46. The van der Waals surface area contributed by atoms with E-state index in [1.54, 1.807) is 12.0 Å². The van der Waals surface area contributed by atoms with Gasteiger partial charge in [-0.15, -0.1) is 0 Å². The van der Waals surface area contributed by atoms with Crippen LogP contribution in [0.1, 0.15) is 36.8 Å². The van der Waals surface area contributed by atoms with Crippen molar-refractivity contribution in [3.8, 4) is 17.1 Å². The first-order valence-corrected chi connectivity index (χ1v) is 9.77. The van der Waals surface area contributed by atoms with Gasteiger partial charge in [-0.2, -0.15) is 4.98 Å². The number of anilines is 1. The summed E-state index contributed by atoms with van der Waals surface area (Å²) in [6.45, 7) is 2.67. The fraction of sp³-hybridized carbons (Fsp3) is 0.318. The first kappa shape index (κ1) is 19.0. The quantitative estimate of drug-likeness (QED) is 0.689. The number of urea groups is 1. The molecule has 0 bridgehead atoms. The van der Waals surface area contributed by atoms with Crippen molar-refractivity contribution >= 4 is 11.7 Å². The van der Waals surface area contributed by atoms with E-state index in [4.69, 9.17) is 9.26 Å². The summed E-state index contributed by atoms with van der Waals surface area (Å²) in [4.78, 5) is 19.4. The van der Waals surface area contributed by atoms with Gasteiger partial charge in [-0.1, -0.05) is 47.1 Å². The molecule has 0 saturated carbocycles. The van der Waals surface area contributed by atoms with Gasteiger partial charge in [0.15, 0.2) is 0 Å².